The first-order valence-corrected chi connectivity index (χ1v) is 6.11. The summed E-state index contributed by atoms with van der Waals surface area (Å²) >= 11 is 0. The van der Waals surface area contributed by atoms with Crippen LogP contribution < -0.4 is 0 Å². The first-order chi connectivity index (χ1) is 8.20. The van der Waals surface area contributed by atoms with E-state index in [0.29, 0.717) is 28.9 Å². The molecule has 4 nitrogen and oxygen atoms in total. The highest BCUT2D eigenvalue weighted by atomic mass is 16.5. The minimum Gasteiger partial charge on any atom is -0.466 e. The molecule has 0 radical (unpaired) electrons. The van der Waals surface area contributed by atoms with Gasteiger partial charge in [-0.3, -0.25) is 0 Å². The fourth-order valence-corrected chi connectivity index (χ4v) is 5.04. The van der Waals surface area contributed by atoms with Gasteiger partial charge in [0.1, 0.15) is 0 Å². The van der Waals surface area contributed by atoms with Gasteiger partial charge in [-0.2, -0.15) is 0 Å². The van der Waals surface area contributed by atoms with E-state index in [4.69, 9.17) is 9.47 Å². The molecule has 4 fully saturated rings. The van der Waals surface area contributed by atoms with Crippen molar-refractivity contribution in [3.05, 3.63) is 11.1 Å². The number of carbonyl (C=O) groups excluding carboxylic acids is 2. The molecule has 4 atom stereocenters. The normalized spacial score (nSPS) is 47.4. The number of hydrogen-bond donors (Lipinski definition) is 0. The minimum absolute atomic E-state index is 0.288. The van der Waals surface area contributed by atoms with Crippen molar-refractivity contribution >= 4 is 11.9 Å². The maximum absolute atomic E-state index is 11.9. The fourth-order valence-electron chi connectivity index (χ4n) is 5.04. The van der Waals surface area contributed by atoms with Gasteiger partial charge in [0.05, 0.1) is 25.4 Å². The van der Waals surface area contributed by atoms with Crippen molar-refractivity contribution in [3.63, 3.8) is 0 Å². The summed E-state index contributed by atoms with van der Waals surface area (Å²) in [4.78, 5) is 23.8. The van der Waals surface area contributed by atoms with Crippen molar-refractivity contribution < 1.29 is 19.1 Å². The molecule has 5 aliphatic carbocycles. The Morgan fingerprint density at radius 1 is 0.941 bits per heavy atom. The number of methoxy groups -OCH3 is 2. The topological polar surface area (TPSA) is 52.6 Å². The van der Waals surface area contributed by atoms with Gasteiger partial charge in [-0.1, -0.05) is 0 Å². The molecule has 5 aliphatic rings. The Kier molecular flexibility index (Phi) is 1.56. The zero-order chi connectivity index (χ0) is 11.9. The van der Waals surface area contributed by atoms with Crippen LogP contribution in [0.1, 0.15) is 6.42 Å². The molecular formula is C13H14O4. The van der Waals surface area contributed by atoms with Crippen molar-refractivity contribution in [2.24, 2.45) is 35.5 Å². The van der Waals surface area contributed by atoms with Crippen LogP contribution in [0.3, 0.4) is 0 Å². The Balaban J connectivity index is 1.83. The predicted octanol–water partition coefficient (Wildman–Crippen LogP) is 0.771. The standard InChI is InChI=1S/C13H14O4/c1-16-12(14)10-8-5-3-4-6(8)7(4)9(5)11(10)13(15)17-2/h4-9H,3H2,1-2H3/t4?,5?,6-,7-,8-,9-/m0/s1. The molecule has 0 aromatic carbocycles. The first kappa shape index (κ1) is 9.68. The van der Waals surface area contributed by atoms with Gasteiger partial charge in [0.2, 0.25) is 0 Å². The molecule has 0 N–H and O–H groups in total. The minimum atomic E-state index is -0.325. The largest absolute Gasteiger partial charge is 0.466 e. The lowest BCUT2D eigenvalue weighted by molar-refractivity contribution is -0.140. The molecule has 0 aliphatic heterocycles. The quantitative estimate of drug-likeness (QED) is 0.662. The highest BCUT2D eigenvalue weighted by Gasteiger charge is 2.79. The number of ether oxygens (including phenoxy) is 2. The third kappa shape index (κ3) is 0.850. The van der Waals surface area contributed by atoms with Crippen LogP contribution in [0, 0.1) is 35.5 Å². The van der Waals surface area contributed by atoms with E-state index in [1.165, 1.54) is 20.6 Å². The maximum atomic E-state index is 11.9. The molecule has 0 unspecified atom stereocenters. The summed E-state index contributed by atoms with van der Waals surface area (Å²) in [5, 5.41) is 0. The average Bonchev–Trinajstić information content (AvgIpc) is 2.75. The van der Waals surface area contributed by atoms with E-state index in [1.54, 1.807) is 0 Å². The summed E-state index contributed by atoms with van der Waals surface area (Å²) in [5.41, 5.74) is 1.27. The molecule has 4 saturated carbocycles. The molecule has 4 heteroatoms. The number of carbonyl (C=O) groups is 2. The van der Waals surface area contributed by atoms with E-state index in [0.717, 1.165) is 5.92 Å². The Morgan fingerprint density at radius 3 is 1.76 bits per heavy atom. The Hall–Kier alpha value is -1.32. The van der Waals surface area contributed by atoms with Crippen LogP contribution >= 0.6 is 0 Å². The highest BCUT2D eigenvalue weighted by Crippen LogP contribution is 2.81. The summed E-state index contributed by atoms with van der Waals surface area (Å²) in [5.74, 6) is 2.52. The van der Waals surface area contributed by atoms with E-state index in [9.17, 15) is 9.59 Å². The van der Waals surface area contributed by atoms with Crippen LogP contribution in [0.25, 0.3) is 0 Å². The third-order valence-electron chi connectivity index (χ3n) is 5.36. The van der Waals surface area contributed by atoms with E-state index < -0.39 is 0 Å². The van der Waals surface area contributed by atoms with E-state index >= 15 is 0 Å². The number of hydrogen-bond acceptors (Lipinski definition) is 4. The molecule has 0 heterocycles. The number of rotatable bonds is 2. The van der Waals surface area contributed by atoms with Crippen LogP contribution in [-0.4, -0.2) is 26.2 Å². The lowest BCUT2D eigenvalue weighted by Gasteiger charge is -2.15. The fraction of sp³-hybridized carbons (Fsp3) is 0.692. The van der Waals surface area contributed by atoms with Crippen LogP contribution in [0.15, 0.2) is 11.1 Å². The van der Waals surface area contributed by atoms with E-state index in [1.807, 2.05) is 0 Å². The van der Waals surface area contributed by atoms with Gasteiger partial charge in [-0.05, 0) is 41.9 Å². The smallest absolute Gasteiger partial charge is 0.334 e. The van der Waals surface area contributed by atoms with Gasteiger partial charge < -0.3 is 9.47 Å². The van der Waals surface area contributed by atoms with Crippen molar-refractivity contribution in [2.75, 3.05) is 14.2 Å². The molecule has 5 rings (SSSR count). The molecule has 6 bridgehead atoms. The van der Waals surface area contributed by atoms with Gasteiger partial charge >= 0.3 is 11.9 Å². The van der Waals surface area contributed by atoms with Gasteiger partial charge in [0.15, 0.2) is 0 Å². The lowest BCUT2D eigenvalue weighted by atomic mass is 9.92. The third-order valence-corrected chi connectivity index (χ3v) is 5.36. The highest BCUT2D eigenvalue weighted by molar-refractivity contribution is 6.03. The van der Waals surface area contributed by atoms with Gasteiger partial charge in [-0.15, -0.1) is 0 Å². The second-order valence-electron chi connectivity index (χ2n) is 5.58. The zero-order valence-electron chi connectivity index (χ0n) is 9.80. The second kappa shape index (κ2) is 2.74. The molecule has 0 amide bonds. The lowest BCUT2D eigenvalue weighted by Crippen LogP contribution is -2.21. The average molecular weight is 234 g/mol. The molecule has 0 aromatic heterocycles. The Labute approximate surface area is 99.0 Å². The summed E-state index contributed by atoms with van der Waals surface area (Å²) in [7, 11) is 2.76. The molecule has 17 heavy (non-hydrogen) atoms. The molecule has 0 spiro atoms. The van der Waals surface area contributed by atoms with Crippen LogP contribution in [0.2, 0.25) is 0 Å². The zero-order valence-corrected chi connectivity index (χ0v) is 9.80. The SMILES string of the molecule is COC(=O)C1=C(C(=O)OC)[C@H]2C3CC4[C@@H]([C@H]42)[C@@H]13. The summed E-state index contributed by atoms with van der Waals surface area (Å²) in [6.07, 6.45) is 1.19. The van der Waals surface area contributed by atoms with Crippen molar-refractivity contribution in [2.45, 2.75) is 6.42 Å². The van der Waals surface area contributed by atoms with E-state index in [-0.39, 0.29) is 23.8 Å². The van der Waals surface area contributed by atoms with E-state index in [2.05, 4.69) is 0 Å². The van der Waals surface area contributed by atoms with Crippen LogP contribution in [0.4, 0.5) is 0 Å². The molecule has 0 aromatic rings. The van der Waals surface area contributed by atoms with Crippen molar-refractivity contribution in [1.29, 1.82) is 0 Å². The van der Waals surface area contributed by atoms with Crippen LogP contribution in [-0.2, 0) is 19.1 Å². The van der Waals surface area contributed by atoms with Crippen molar-refractivity contribution in [3.8, 4) is 0 Å². The molecule has 0 saturated heterocycles. The molecule has 90 valence electrons. The molecular weight excluding hydrogens is 220 g/mol. The summed E-state index contributed by atoms with van der Waals surface area (Å²) in [6.45, 7) is 0. The summed E-state index contributed by atoms with van der Waals surface area (Å²) < 4.78 is 9.68. The first-order valence-electron chi connectivity index (χ1n) is 6.11. The monoisotopic (exact) mass is 234 g/mol. The van der Waals surface area contributed by atoms with Crippen LogP contribution in [0.5, 0.6) is 0 Å². The predicted molar refractivity (Wildman–Crippen MR) is 56.6 cm³/mol. The second-order valence-corrected chi connectivity index (χ2v) is 5.58. The summed E-state index contributed by atoms with van der Waals surface area (Å²) in [6, 6.07) is 0. The Bertz CT molecular complexity index is 438. The van der Waals surface area contributed by atoms with Gasteiger partial charge in [0.25, 0.3) is 0 Å². The number of esters is 2. The van der Waals surface area contributed by atoms with Crippen molar-refractivity contribution in [1.82, 2.24) is 0 Å². The maximum Gasteiger partial charge on any atom is 0.334 e. The van der Waals surface area contributed by atoms with Gasteiger partial charge in [-0.25, -0.2) is 9.59 Å². The Morgan fingerprint density at radius 2 is 1.41 bits per heavy atom. The van der Waals surface area contributed by atoms with Gasteiger partial charge in [0, 0.05) is 0 Å².